The van der Waals surface area contributed by atoms with Crippen LogP contribution >= 0.6 is 0 Å². The van der Waals surface area contributed by atoms with Crippen molar-refractivity contribution < 1.29 is 9.90 Å². The van der Waals surface area contributed by atoms with Crippen LogP contribution in [-0.2, 0) is 4.79 Å². The molecular formula is C15H19NO2. The maximum absolute atomic E-state index is 11.9. The molecule has 1 amide bonds. The molecule has 2 unspecified atom stereocenters. The van der Waals surface area contributed by atoms with Gasteiger partial charge in [-0.25, -0.2) is 0 Å². The van der Waals surface area contributed by atoms with Crippen molar-refractivity contribution in [3.8, 4) is 0 Å². The Bertz CT molecular complexity index is 425. The van der Waals surface area contributed by atoms with Gasteiger partial charge >= 0.3 is 0 Å². The number of aliphatic hydroxyl groups is 1. The summed E-state index contributed by atoms with van der Waals surface area (Å²) in [4.78, 5) is 11.9. The van der Waals surface area contributed by atoms with Crippen LogP contribution in [0.5, 0.6) is 0 Å². The number of nitrogens with one attached hydrogen (secondary N) is 1. The predicted molar refractivity (Wildman–Crippen MR) is 69.0 cm³/mol. The second-order valence-corrected chi connectivity index (χ2v) is 5.60. The van der Waals surface area contributed by atoms with Crippen LogP contribution in [0.4, 0.5) is 0 Å². The fourth-order valence-electron chi connectivity index (χ4n) is 2.80. The van der Waals surface area contributed by atoms with E-state index in [9.17, 15) is 9.90 Å². The van der Waals surface area contributed by atoms with Crippen molar-refractivity contribution in [2.45, 2.75) is 31.3 Å². The zero-order chi connectivity index (χ0) is 12.5. The molecule has 2 atom stereocenters. The van der Waals surface area contributed by atoms with Crippen LogP contribution in [0.25, 0.3) is 0 Å². The van der Waals surface area contributed by atoms with Crippen LogP contribution in [0.15, 0.2) is 30.3 Å². The molecule has 0 radical (unpaired) electrons. The van der Waals surface area contributed by atoms with Crippen molar-refractivity contribution in [1.82, 2.24) is 5.32 Å². The number of carbonyl (C=O) groups is 1. The van der Waals surface area contributed by atoms with Gasteiger partial charge in [-0.3, -0.25) is 4.79 Å². The number of benzene rings is 1. The van der Waals surface area contributed by atoms with Crippen LogP contribution in [0.2, 0.25) is 0 Å². The third-order valence-corrected chi connectivity index (χ3v) is 4.13. The van der Waals surface area contributed by atoms with Gasteiger partial charge in [-0.05, 0) is 36.7 Å². The Labute approximate surface area is 107 Å². The van der Waals surface area contributed by atoms with Crippen LogP contribution in [0, 0.1) is 11.8 Å². The van der Waals surface area contributed by atoms with Gasteiger partial charge in [0, 0.05) is 12.5 Å². The molecule has 2 fully saturated rings. The van der Waals surface area contributed by atoms with Crippen LogP contribution in [0.1, 0.15) is 30.7 Å². The number of hydrogen-bond donors (Lipinski definition) is 2. The Hall–Kier alpha value is -1.35. The molecule has 2 N–H and O–H groups in total. The fraction of sp³-hybridized carbons (Fsp3) is 0.533. The molecule has 2 aliphatic carbocycles. The fourth-order valence-corrected chi connectivity index (χ4v) is 2.80. The first kappa shape index (κ1) is 11.7. The van der Waals surface area contributed by atoms with E-state index in [0.29, 0.717) is 11.8 Å². The lowest BCUT2D eigenvalue weighted by molar-refractivity contribution is -0.123. The minimum atomic E-state index is -0.134. The quantitative estimate of drug-likeness (QED) is 0.848. The van der Waals surface area contributed by atoms with Crippen molar-refractivity contribution in [2.75, 3.05) is 6.54 Å². The van der Waals surface area contributed by atoms with E-state index in [-0.39, 0.29) is 17.9 Å². The summed E-state index contributed by atoms with van der Waals surface area (Å²) in [5.74, 6) is 1.25. The van der Waals surface area contributed by atoms with Gasteiger partial charge in [0.25, 0.3) is 0 Å². The van der Waals surface area contributed by atoms with Crippen molar-refractivity contribution in [1.29, 1.82) is 0 Å². The summed E-state index contributed by atoms with van der Waals surface area (Å²) in [6.45, 7) is 0.730. The third-order valence-electron chi connectivity index (χ3n) is 4.13. The van der Waals surface area contributed by atoms with Crippen molar-refractivity contribution in [3.63, 3.8) is 0 Å². The van der Waals surface area contributed by atoms with Crippen LogP contribution < -0.4 is 5.32 Å². The second-order valence-electron chi connectivity index (χ2n) is 5.60. The minimum absolute atomic E-state index is 0.134. The van der Waals surface area contributed by atoms with E-state index < -0.39 is 0 Å². The van der Waals surface area contributed by atoms with Gasteiger partial charge in [-0.1, -0.05) is 30.3 Å². The molecule has 0 aromatic heterocycles. The van der Waals surface area contributed by atoms with E-state index in [2.05, 4.69) is 17.4 Å². The Kier molecular flexibility index (Phi) is 3.08. The summed E-state index contributed by atoms with van der Waals surface area (Å²) < 4.78 is 0. The maximum Gasteiger partial charge on any atom is 0.223 e. The highest BCUT2D eigenvalue weighted by Gasteiger charge is 2.43. The summed E-state index contributed by atoms with van der Waals surface area (Å²) in [6, 6.07) is 10.3. The van der Waals surface area contributed by atoms with E-state index in [4.69, 9.17) is 0 Å². The van der Waals surface area contributed by atoms with Crippen LogP contribution in [0.3, 0.4) is 0 Å². The minimum Gasteiger partial charge on any atom is -0.393 e. The van der Waals surface area contributed by atoms with E-state index in [1.165, 1.54) is 5.56 Å². The topological polar surface area (TPSA) is 49.3 Å². The zero-order valence-electron chi connectivity index (χ0n) is 10.4. The van der Waals surface area contributed by atoms with E-state index in [1.54, 1.807) is 0 Å². The van der Waals surface area contributed by atoms with Gasteiger partial charge in [0.2, 0.25) is 5.91 Å². The number of hydrogen-bond acceptors (Lipinski definition) is 2. The molecule has 1 aromatic rings. The van der Waals surface area contributed by atoms with E-state index in [0.717, 1.165) is 25.8 Å². The van der Waals surface area contributed by atoms with E-state index in [1.807, 2.05) is 18.2 Å². The molecule has 96 valence electrons. The van der Waals surface area contributed by atoms with Crippen LogP contribution in [-0.4, -0.2) is 23.7 Å². The molecule has 2 aliphatic rings. The molecule has 3 heteroatoms. The molecule has 3 rings (SSSR count). The molecule has 18 heavy (non-hydrogen) atoms. The first-order valence-corrected chi connectivity index (χ1v) is 6.74. The first-order chi connectivity index (χ1) is 8.74. The summed E-state index contributed by atoms with van der Waals surface area (Å²) in [5.41, 5.74) is 1.27. The number of amides is 1. The molecule has 3 nitrogen and oxygen atoms in total. The van der Waals surface area contributed by atoms with E-state index >= 15 is 0 Å². The zero-order valence-corrected chi connectivity index (χ0v) is 10.4. The first-order valence-electron chi connectivity index (χ1n) is 6.74. The Morgan fingerprint density at radius 1 is 1.22 bits per heavy atom. The average molecular weight is 245 g/mol. The summed E-state index contributed by atoms with van der Waals surface area (Å²) in [5, 5.41) is 12.2. The third kappa shape index (κ3) is 2.41. The smallest absolute Gasteiger partial charge is 0.223 e. The Balaban J connectivity index is 1.45. The number of carbonyl (C=O) groups excluding carboxylic acids is 1. The van der Waals surface area contributed by atoms with Crippen molar-refractivity contribution >= 4 is 5.91 Å². The lowest BCUT2D eigenvalue weighted by Gasteiger charge is -2.31. The molecular weight excluding hydrogens is 226 g/mol. The largest absolute Gasteiger partial charge is 0.393 e. The molecule has 0 saturated heterocycles. The predicted octanol–water partition coefficient (Wildman–Crippen LogP) is 1.68. The normalized spacial score (nSPS) is 33.6. The number of rotatable bonds is 4. The highest BCUT2D eigenvalue weighted by molar-refractivity contribution is 5.82. The maximum atomic E-state index is 11.9. The van der Waals surface area contributed by atoms with Gasteiger partial charge < -0.3 is 10.4 Å². The lowest BCUT2D eigenvalue weighted by Crippen LogP contribution is -2.39. The van der Waals surface area contributed by atoms with Gasteiger partial charge in [0.15, 0.2) is 0 Å². The standard InChI is InChI=1S/C15H19NO2/c17-12-6-10(7-12)9-16-15(18)14-8-13(14)11-4-2-1-3-5-11/h1-5,10,12-14,17H,6-9H2,(H,16,18). The molecule has 0 bridgehead atoms. The summed E-state index contributed by atoms with van der Waals surface area (Å²) in [7, 11) is 0. The molecule has 1 aromatic carbocycles. The molecule has 0 spiro atoms. The second kappa shape index (κ2) is 4.73. The highest BCUT2D eigenvalue weighted by atomic mass is 16.3. The van der Waals surface area contributed by atoms with Gasteiger partial charge in [0.05, 0.1) is 6.10 Å². The van der Waals surface area contributed by atoms with Gasteiger partial charge in [-0.15, -0.1) is 0 Å². The molecule has 0 heterocycles. The van der Waals surface area contributed by atoms with Crippen molar-refractivity contribution in [3.05, 3.63) is 35.9 Å². The summed E-state index contributed by atoms with van der Waals surface area (Å²) >= 11 is 0. The number of aliphatic hydroxyl groups excluding tert-OH is 1. The molecule has 2 saturated carbocycles. The Morgan fingerprint density at radius 3 is 2.61 bits per heavy atom. The molecule has 0 aliphatic heterocycles. The highest BCUT2D eigenvalue weighted by Crippen LogP contribution is 2.47. The SMILES string of the molecule is O=C(NCC1CC(O)C1)C1CC1c1ccccc1. The lowest BCUT2D eigenvalue weighted by atomic mass is 9.82. The van der Waals surface area contributed by atoms with Gasteiger partial charge in [-0.2, -0.15) is 0 Å². The average Bonchev–Trinajstić information content (AvgIpc) is 3.14. The Morgan fingerprint density at radius 2 is 1.94 bits per heavy atom. The summed E-state index contributed by atoms with van der Waals surface area (Å²) in [6.07, 6.45) is 2.52. The van der Waals surface area contributed by atoms with Crippen molar-refractivity contribution in [2.24, 2.45) is 11.8 Å². The monoisotopic (exact) mass is 245 g/mol. The van der Waals surface area contributed by atoms with Gasteiger partial charge in [0.1, 0.15) is 0 Å².